The molecule has 0 unspecified atom stereocenters. The number of carbonyl (C=O) groups is 2. The van der Waals surface area contributed by atoms with Crippen LogP contribution in [-0.4, -0.2) is 23.7 Å². The average molecular weight is 258 g/mol. The Morgan fingerprint density at radius 2 is 1.79 bits per heavy atom. The first-order valence-corrected chi connectivity index (χ1v) is 5.91. The molecule has 0 aromatic heterocycles. The van der Waals surface area contributed by atoms with Crippen molar-refractivity contribution in [3.8, 4) is 0 Å². The van der Waals surface area contributed by atoms with Gasteiger partial charge in [0.2, 0.25) is 0 Å². The smallest absolute Gasteiger partial charge is 0.319 e. The Kier molecular flexibility index (Phi) is 3.97. The molecule has 0 saturated heterocycles. The summed E-state index contributed by atoms with van der Waals surface area (Å²) < 4.78 is 0. The molecule has 19 heavy (non-hydrogen) atoms. The molecular formula is C14H14N2O3. The second-order valence-electron chi connectivity index (χ2n) is 4.05. The fourth-order valence-corrected chi connectivity index (χ4v) is 1.78. The second-order valence-corrected chi connectivity index (χ2v) is 4.05. The average Bonchev–Trinajstić information content (AvgIpc) is 2.39. The van der Waals surface area contributed by atoms with Gasteiger partial charge in [-0.3, -0.25) is 4.79 Å². The van der Waals surface area contributed by atoms with E-state index in [9.17, 15) is 9.59 Å². The van der Waals surface area contributed by atoms with E-state index in [1.54, 1.807) is 6.07 Å². The first-order valence-electron chi connectivity index (χ1n) is 5.91. The number of benzene rings is 2. The number of hydrogen-bond acceptors (Lipinski definition) is 2. The molecule has 0 aliphatic carbocycles. The van der Waals surface area contributed by atoms with Crippen molar-refractivity contribution in [2.75, 3.05) is 11.9 Å². The summed E-state index contributed by atoms with van der Waals surface area (Å²) in [5.74, 6) is -0.939. The van der Waals surface area contributed by atoms with Gasteiger partial charge in [-0.2, -0.15) is 0 Å². The third-order valence-electron chi connectivity index (χ3n) is 2.66. The molecule has 0 aliphatic heterocycles. The van der Waals surface area contributed by atoms with Crippen LogP contribution in [0, 0.1) is 0 Å². The van der Waals surface area contributed by atoms with Gasteiger partial charge >= 0.3 is 12.0 Å². The monoisotopic (exact) mass is 258 g/mol. The molecule has 2 aromatic rings. The van der Waals surface area contributed by atoms with E-state index in [4.69, 9.17) is 5.11 Å². The largest absolute Gasteiger partial charge is 0.481 e. The zero-order valence-electron chi connectivity index (χ0n) is 10.2. The quantitative estimate of drug-likeness (QED) is 0.788. The molecule has 3 N–H and O–H groups in total. The van der Waals surface area contributed by atoms with Gasteiger partial charge in [-0.25, -0.2) is 4.79 Å². The van der Waals surface area contributed by atoms with Crippen LogP contribution in [0.25, 0.3) is 10.8 Å². The molecule has 0 aliphatic rings. The molecule has 0 atom stereocenters. The Hall–Kier alpha value is -2.56. The number of amides is 2. The lowest BCUT2D eigenvalue weighted by Gasteiger charge is -2.09. The van der Waals surface area contributed by atoms with Gasteiger partial charge in [0, 0.05) is 11.9 Å². The molecule has 0 fully saturated rings. The van der Waals surface area contributed by atoms with Gasteiger partial charge in [0.1, 0.15) is 0 Å². The van der Waals surface area contributed by atoms with E-state index in [1.807, 2.05) is 36.4 Å². The molecule has 2 amide bonds. The molecule has 5 heteroatoms. The number of fused-ring (bicyclic) bond motifs is 1. The Morgan fingerprint density at radius 1 is 1.05 bits per heavy atom. The highest BCUT2D eigenvalue weighted by Gasteiger charge is 2.05. The van der Waals surface area contributed by atoms with Gasteiger partial charge in [0.25, 0.3) is 0 Å². The van der Waals surface area contributed by atoms with Crippen molar-refractivity contribution in [3.05, 3.63) is 42.5 Å². The maximum atomic E-state index is 11.6. The minimum atomic E-state index is -0.939. The first kappa shape index (κ1) is 12.9. The van der Waals surface area contributed by atoms with Crippen LogP contribution in [0.2, 0.25) is 0 Å². The number of hydrogen-bond donors (Lipinski definition) is 3. The van der Waals surface area contributed by atoms with E-state index in [2.05, 4.69) is 10.6 Å². The SMILES string of the molecule is O=C(O)CCNC(=O)Nc1cccc2ccccc12. The number of carboxylic acid groups (broad SMARTS) is 1. The minimum absolute atomic E-state index is 0.0943. The number of aliphatic carboxylic acids is 1. The zero-order valence-corrected chi connectivity index (χ0v) is 10.2. The Labute approximate surface area is 110 Å². The maximum absolute atomic E-state index is 11.6. The molecule has 0 saturated carbocycles. The summed E-state index contributed by atoms with van der Waals surface area (Å²) in [6.07, 6.45) is -0.0943. The highest BCUT2D eigenvalue weighted by molar-refractivity contribution is 6.01. The van der Waals surface area contributed by atoms with Crippen LogP contribution in [0.15, 0.2) is 42.5 Å². The van der Waals surface area contributed by atoms with Crippen LogP contribution < -0.4 is 10.6 Å². The molecule has 0 heterocycles. The summed E-state index contributed by atoms with van der Waals surface area (Å²) in [5.41, 5.74) is 0.700. The van der Waals surface area contributed by atoms with Crippen molar-refractivity contribution in [2.24, 2.45) is 0 Å². The molecule has 0 spiro atoms. The topological polar surface area (TPSA) is 78.4 Å². The van der Waals surface area contributed by atoms with Crippen molar-refractivity contribution in [3.63, 3.8) is 0 Å². The van der Waals surface area contributed by atoms with E-state index >= 15 is 0 Å². The van der Waals surface area contributed by atoms with Crippen molar-refractivity contribution in [1.82, 2.24) is 5.32 Å². The van der Waals surface area contributed by atoms with E-state index in [1.165, 1.54) is 0 Å². The first-order chi connectivity index (χ1) is 9.16. The van der Waals surface area contributed by atoms with Crippen LogP contribution in [0.3, 0.4) is 0 Å². The summed E-state index contributed by atoms with van der Waals surface area (Å²) >= 11 is 0. The number of anilines is 1. The standard InChI is InChI=1S/C14H14N2O3/c17-13(18)8-9-15-14(19)16-12-7-3-5-10-4-1-2-6-11(10)12/h1-7H,8-9H2,(H,17,18)(H2,15,16,19). The van der Waals surface area contributed by atoms with E-state index in [0.717, 1.165) is 10.8 Å². The van der Waals surface area contributed by atoms with Gasteiger partial charge < -0.3 is 15.7 Å². The lowest BCUT2D eigenvalue weighted by atomic mass is 10.1. The summed E-state index contributed by atoms with van der Waals surface area (Å²) in [7, 11) is 0. The van der Waals surface area contributed by atoms with Gasteiger partial charge in [0.15, 0.2) is 0 Å². The van der Waals surface area contributed by atoms with Crippen molar-refractivity contribution >= 4 is 28.5 Å². The van der Waals surface area contributed by atoms with Crippen molar-refractivity contribution < 1.29 is 14.7 Å². The molecule has 2 aromatic carbocycles. The fourth-order valence-electron chi connectivity index (χ4n) is 1.78. The normalized spacial score (nSPS) is 10.1. The number of urea groups is 1. The molecule has 0 bridgehead atoms. The van der Waals surface area contributed by atoms with Gasteiger partial charge in [-0.15, -0.1) is 0 Å². The molecule has 5 nitrogen and oxygen atoms in total. The predicted octanol–water partition coefficient (Wildman–Crippen LogP) is 2.44. The van der Waals surface area contributed by atoms with E-state index in [0.29, 0.717) is 5.69 Å². The summed E-state index contributed by atoms with van der Waals surface area (Å²) in [4.78, 5) is 22.0. The van der Waals surface area contributed by atoms with Gasteiger partial charge in [-0.05, 0) is 11.5 Å². The van der Waals surface area contributed by atoms with Crippen molar-refractivity contribution in [1.29, 1.82) is 0 Å². The lowest BCUT2D eigenvalue weighted by Crippen LogP contribution is -2.30. The second kappa shape index (κ2) is 5.86. The molecule has 0 radical (unpaired) electrons. The van der Waals surface area contributed by atoms with E-state index in [-0.39, 0.29) is 13.0 Å². The maximum Gasteiger partial charge on any atom is 0.319 e. The van der Waals surface area contributed by atoms with Crippen LogP contribution in [-0.2, 0) is 4.79 Å². The summed E-state index contributed by atoms with van der Waals surface area (Å²) in [6.45, 7) is 0.103. The lowest BCUT2D eigenvalue weighted by molar-refractivity contribution is -0.136. The predicted molar refractivity (Wildman–Crippen MR) is 73.2 cm³/mol. The number of carbonyl (C=O) groups excluding carboxylic acids is 1. The van der Waals surface area contributed by atoms with Crippen LogP contribution in [0.1, 0.15) is 6.42 Å². The Bertz CT molecular complexity index is 605. The molecule has 98 valence electrons. The molecular weight excluding hydrogens is 244 g/mol. The zero-order chi connectivity index (χ0) is 13.7. The van der Waals surface area contributed by atoms with Gasteiger partial charge in [-0.1, -0.05) is 36.4 Å². The third kappa shape index (κ3) is 3.45. The highest BCUT2D eigenvalue weighted by Crippen LogP contribution is 2.22. The van der Waals surface area contributed by atoms with Gasteiger partial charge in [0.05, 0.1) is 12.1 Å². The number of rotatable bonds is 4. The van der Waals surface area contributed by atoms with Crippen LogP contribution in [0.4, 0.5) is 10.5 Å². The van der Waals surface area contributed by atoms with Crippen LogP contribution in [0.5, 0.6) is 0 Å². The number of nitrogens with one attached hydrogen (secondary N) is 2. The Morgan fingerprint density at radius 3 is 2.58 bits per heavy atom. The van der Waals surface area contributed by atoms with E-state index < -0.39 is 12.0 Å². The van der Waals surface area contributed by atoms with Crippen LogP contribution >= 0.6 is 0 Å². The molecule has 2 rings (SSSR count). The number of carboxylic acids is 1. The third-order valence-corrected chi connectivity index (χ3v) is 2.66. The van der Waals surface area contributed by atoms with Crippen molar-refractivity contribution in [2.45, 2.75) is 6.42 Å². The summed E-state index contributed by atoms with van der Waals surface area (Å²) in [6, 6.07) is 12.9. The highest BCUT2D eigenvalue weighted by atomic mass is 16.4. The minimum Gasteiger partial charge on any atom is -0.481 e. The summed E-state index contributed by atoms with van der Waals surface area (Å²) in [5, 5.41) is 15.7. The Balaban J connectivity index is 2.05. The fraction of sp³-hybridized carbons (Fsp3) is 0.143.